The van der Waals surface area contributed by atoms with Crippen LogP contribution in [-0.2, 0) is 21.2 Å². The van der Waals surface area contributed by atoms with Crippen LogP contribution < -0.4 is 15.4 Å². The van der Waals surface area contributed by atoms with Gasteiger partial charge in [-0.2, -0.15) is 0 Å². The lowest BCUT2D eigenvalue weighted by molar-refractivity contribution is -0.116. The molecule has 3 aromatic rings. The molecule has 4 rings (SSSR count). The molecule has 26 heavy (non-hydrogen) atoms. The lowest BCUT2D eigenvalue weighted by Gasteiger charge is -2.15. The number of carbonyl (C=O) groups is 1. The second kappa shape index (κ2) is 5.73. The number of oxazole rings is 1. The first-order valence-electron chi connectivity index (χ1n) is 7.90. The Hall–Kier alpha value is -3.07. The van der Waals surface area contributed by atoms with Crippen molar-refractivity contribution in [1.82, 2.24) is 4.98 Å². The van der Waals surface area contributed by atoms with Gasteiger partial charge < -0.3 is 9.32 Å². The number of amides is 1. The first-order chi connectivity index (χ1) is 12.3. The van der Waals surface area contributed by atoms with Crippen LogP contribution in [0.5, 0.6) is 0 Å². The van der Waals surface area contributed by atoms with Gasteiger partial charge in [0.05, 0.1) is 10.4 Å². The van der Waals surface area contributed by atoms with Gasteiger partial charge in [-0.05, 0) is 42.3 Å². The van der Waals surface area contributed by atoms with Gasteiger partial charge in [-0.1, -0.05) is 0 Å². The zero-order valence-corrected chi connectivity index (χ0v) is 14.6. The fourth-order valence-electron chi connectivity index (χ4n) is 3.10. The standard InChI is InChI=1S/C17H15N3O5S/c1-10(21)20-7-6-11-8-12(2-5-15(11)20)19-26(23,24)13-3-4-14-16(9-13)25-17(22)18-14/h2-5,8-9,19H,6-7H2,1H3,(H,18,22). The maximum Gasteiger partial charge on any atom is 0.417 e. The third-order valence-corrected chi connectivity index (χ3v) is 5.69. The monoisotopic (exact) mass is 373 g/mol. The average Bonchev–Trinajstić information content (AvgIpc) is 3.15. The number of hydrogen-bond acceptors (Lipinski definition) is 5. The molecule has 1 aromatic heterocycles. The van der Waals surface area contributed by atoms with Crippen molar-refractivity contribution in [1.29, 1.82) is 0 Å². The van der Waals surface area contributed by atoms with Crippen LogP contribution in [0.2, 0.25) is 0 Å². The molecular weight excluding hydrogens is 358 g/mol. The first kappa shape index (κ1) is 16.4. The normalized spacial score (nSPS) is 13.8. The smallest absolute Gasteiger partial charge is 0.408 e. The number of carbonyl (C=O) groups excluding carboxylic acids is 1. The van der Waals surface area contributed by atoms with Gasteiger partial charge in [-0.25, -0.2) is 13.2 Å². The number of hydrogen-bond donors (Lipinski definition) is 2. The largest absolute Gasteiger partial charge is 0.417 e. The zero-order valence-electron chi connectivity index (χ0n) is 13.8. The van der Waals surface area contributed by atoms with E-state index in [9.17, 15) is 18.0 Å². The molecule has 0 atom stereocenters. The van der Waals surface area contributed by atoms with E-state index in [0.29, 0.717) is 24.2 Å². The molecule has 0 unspecified atom stereocenters. The minimum atomic E-state index is -3.85. The summed E-state index contributed by atoms with van der Waals surface area (Å²) >= 11 is 0. The van der Waals surface area contributed by atoms with Crippen LogP contribution >= 0.6 is 0 Å². The Labute approximate surface area is 148 Å². The topological polar surface area (TPSA) is 112 Å². The van der Waals surface area contributed by atoms with Gasteiger partial charge in [0.25, 0.3) is 10.0 Å². The SMILES string of the molecule is CC(=O)N1CCc2cc(NS(=O)(=O)c3ccc4[nH]c(=O)oc4c3)ccc21. The van der Waals surface area contributed by atoms with E-state index in [1.807, 2.05) is 0 Å². The lowest BCUT2D eigenvalue weighted by Crippen LogP contribution is -2.25. The average molecular weight is 373 g/mol. The number of nitrogens with zero attached hydrogens (tertiary/aromatic N) is 1. The number of aromatic nitrogens is 1. The van der Waals surface area contributed by atoms with Crippen LogP contribution in [0.4, 0.5) is 11.4 Å². The number of rotatable bonds is 3. The number of benzene rings is 2. The van der Waals surface area contributed by atoms with Gasteiger partial charge in [0.2, 0.25) is 5.91 Å². The van der Waals surface area contributed by atoms with Crippen molar-refractivity contribution in [2.45, 2.75) is 18.2 Å². The fraction of sp³-hybridized carbons (Fsp3) is 0.176. The van der Waals surface area contributed by atoms with E-state index in [-0.39, 0.29) is 16.4 Å². The van der Waals surface area contributed by atoms with Crippen molar-refractivity contribution >= 4 is 38.4 Å². The van der Waals surface area contributed by atoms with Gasteiger partial charge >= 0.3 is 5.76 Å². The van der Waals surface area contributed by atoms with E-state index in [4.69, 9.17) is 4.42 Å². The molecule has 0 bridgehead atoms. The van der Waals surface area contributed by atoms with Crippen LogP contribution in [0.25, 0.3) is 11.1 Å². The third kappa shape index (κ3) is 2.76. The molecule has 2 N–H and O–H groups in total. The Morgan fingerprint density at radius 3 is 2.81 bits per heavy atom. The summed E-state index contributed by atoms with van der Waals surface area (Å²) in [5, 5.41) is 0. The Bertz CT molecular complexity index is 1190. The predicted octanol–water partition coefficient (Wildman–Crippen LogP) is 1.83. The summed E-state index contributed by atoms with van der Waals surface area (Å²) in [5.74, 6) is -0.686. The second-order valence-electron chi connectivity index (χ2n) is 6.04. The molecule has 0 saturated heterocycles. The van der Waals surface area contributed by atoms with Gasteiger partial charge in [0.15, 0.2) is 5.58 Å². The van der Waals surface area contributed by atoms with Gasteiger partial charge in [-0.15, -0.1) is 0 Å². The summed E-state index contributed by atoms with van der Waals surface area (Å²) in [7, 11) is -3.85. The highest BCUT2D eigenvalue weighted by atomic mass is 32.2. The molecule has 9 heteroatoms. The van der Waals surface area contributed by atoms with Crippen molar-refractivity contribution in [3.8, 4) is 0 Å². The lowest BCUT2D eigenvalue weighted by atomic mass is 10.1. The van der Waals surface area contributed by atoms with Gasteiger partial charge in [-0.3, -0.25) is 14.5 Å². The minimum Gasteiger partial charge on any atom is -0.408 e. The Balaban J connectivity index is 1.65. The number of nitrogens with one attached hydrogen (secondary N) is 2. The van der Waals surface area contributed by atoms with Crippen molar-refractivity contribution in [2.24, 2.45) is 0 Å². The molecule has 0 saturated carbocycles. The fourth-order valence-corrected chi connectivity index (χ4v) is 4.16. The maximum atomic E-state index is 12.6. The summed E-state index contributed by atoms with van der Waals surface area (Å²) in [4.78, 5) is 26.9. The Morgan fingerprint density at radius 1 is 1.23 bits per heavy atom. The number of sulfonamides is 1. The van der Waals surface area contributed by atoms with Crippen LogP contribution in [0, 0.1) is 0 Å². The van der Waals surface area contributed by atoms with E-state index < -0.39 is 15.8 Å². The number of aromatic amines is 1. The first-order valence-corrected chi connectivity index (χ1v) is 9.38. The molecule has 1 aliphatic heterocycles. The highest BCUT2D eigenvalue weighted by Gasteiger charge is 2.23. The number of H-pyrrole nitrogens is 1. The van der Waals surface area contributed by atoms with E-state index in [2.05, 4.69) is 9.71 Å². The van der Waals surface area contributed by atoms with Crippen molar-refractivity contribution in [3.05, 3.63) is 52.5 Å². The highest BCUT2D eigenvalue weighted by molar-refractivity contribution is 7.92. The Kier molecular flexibility index (Phi) is 3.62. The third-order valence-electron chi connectivity index (χ3n) is 4.31. The number of anilines is 2. The van der Waals surface area contributed by atoms with E-state index in [0.717, 1.165) is 11.3 Å². The molecule has 1 aliphatic rings. The summed E-state index contributed by atoms with van der Waals surface area (Å²) in [6.45, 7) is 2.09. The summed E-state index contributed by atoms with van der Waals surface area (Å²) in [6.07, 6.45) is 0.672. The van der Waals surface area contributed by atoms with Crippen molar-refractivity contribution in [3.63, 3.8) is 0 Å². The van der Waals surface area contributed by atoms with E-state index in [1.165, 1.54) is 25.1 Å². The molecular formula is C17H15N3O5S. The van der Waals surface area contributed by atoms with Crippen LogP contribution in [-0.4, -0.2) is 25.9 Å². The predicted molar refractivity (Wildman–Crippen MR) is 95.8 cm³/mol. The van der Waals surface area contributed by atoms with Gasteiger partial charge in [0, 0.05) is 30.9 Å². The number of fused-ring (bicyclic) bond motifs is 2. The van der Waals surface area contributed by atoms with Crippen LogP contribution in [0.3, 0.4) is 0 Å². The summed E-state index contributed by atoms with van der Waals surface area (Å²) < 4.78 is 32.7. The summed E-state index contributed by atoms with van der Waals surface area (Å²) in [6, 6.07) is 9.23. The molecule has 1 amide bonds. The molecule has 0 radical (unpaired) electrons. The molecule has 2 aromatic carbocycles. The molecule has 8 nitrogen and oxygen atoms in total. The zero-order chi connectivity index (χ0) is 18.5. The maximum absolute atomic E-state index is 12.6. The molecule has 134 valence electrons. The highest BCUT2D eigenvalue weighted by Crippen LogP contribution is 2.31. The minimum absolute atomic E-state index is 0.0152. The van der Waals surface area contributed by atoms with E-state index in [1.54, 1.807) is 23.1 Å². The summed E-state index contributed by atoms with van der Waals surface area (Å²) in [5.41, 5.74) is 2.72. The van der Waals surface area contributed by atoms with E-state index >= 15 is 0 Å². The Morgan fingerprint density at radius 2 is 2.04 bits per heavy atom. The molecule has 0 spiro atoms. The quantitative estimate of drug-likeness (QED) is 0.727. The molecule has 2 heterocycles. The second-order valence-corrected chi connectivity index (χ2v) is 7.72. The van der Waals surface area contributed by atoms with Crippen LogP contribution in [0.15, 0.2) is 50.5 Å². The van der Waals surface area contributed by atoms with Crippen LogP contribution in [0.1, 0.15) is 12.5 Å². The van der Waals surface area contributed by atoms with Crippen molar-refractivity contribution < 1.29 is 17.6 Å². The molecule has 0 aliphatic carbocycles. The molecule has 0 fully saturated rings. The van der Waals surface area contributed by atoms with Gasteiger partial charge in [0.1, 0.15) is 0 Å². The van der Waals surface area contributed by atoms with Crippen molar-refractivity contribution in [2.75, 3.05) is 16.2 Å².